The van der Waals surface area contributed by atoms with Gasteiger partial charge in [-0.1, -0.05) is 0 Å². The molecule has 6 nitrogen and oxygen atoms in total. The minimum atomic E-state index is -1.06. The summed E-state index contributed by atoms with van der Waals surface area (Å²) in [5, 5.41) is 11.8. The van der Waals surface area contributed by atoms with Crippen molar-refractivity contribution >= 4 is 11.9 Å². The summed E-state index contributed by atoms with van der Waals surface area (Å²) in [6.45, 7) is 3.37. The van der Waals surface area contributed by atoms with Crippen LogP contribution in [0.15, 0.2) is 12.3 Å². The maximum absolute atomic E-state index is 10.7. The van der Waals surface area contributed by atoms with E-state index < -0.39 is 5.97 Å². The van der Waals surface area contributed by atoms with Crippen LogP contribution in [0.25, 0.3) is 0 Å². The highest BCUT2D eigenvalue weighted by Crippen LogP contribution is 2.24. The summed E-state index contributed by atoms with van der Waals surface area (Å²) in [4.78, 5) is 18.6. The quantitative estimate of drug-likeness (QED) is 0.817. The molecular formula is C11H15N3O3. The summed E-state index contributed by atoms with van der Waals surface area (Å²) in [5.41, 5.74) is -0.220. The van der Waals surface area contributed by atoms with Gasteiger partial charge in [0.1, 0.15) is 0 Å². The van der Waals surface area contributed by atoms with Crippen LogP contribution >= 0.6 is 0 Å². The Balaban J connectivity index is 1.99. The van der Waals surface area contributed by atoms with Crippen LogP contribution in [-0.4, -0.2) is 39.8 Å². The van der Waals surface area contributed by atoms with E-state index in [0.29, 0.717) is 12.5 Å². The van der Waals surface area contributed by atoms with Crippen molar-refractivity contribution in [1.82, 2.24) is 9.97 Å². The predicted octanol–water partition coefficient (Wildman–Crippen LogP) is 1.16. The number of carbonyl (C=O) groups is 1. The third kappa shape index (κ3) is 2.91. The Morgan fingerprint density at radius 1 is 1.71 bits per heavy atom. The standard InChI is InChI=1S/C11H15N3O3/c1-11(4-2-6-17-11)7-13-10-12-5-3-8(14-10)9(15)16/h3,5H,2,4,6-7H2,1H3,(H,15,16)(H,12,13,14). The summed E-state index contributed by atoms with van der Waals surface area (Å²) in [5.74, 6) is -0.736. The summed E-state index contributed by atoms with van der Waals surface area (Å²) >= 11 is 0. The molecule has 1 unspecified atom stereocenters. The maximum Gasteiger partial charge on any atom is 0.354 e. The SMILES string of the molecule is CC1(CNc2nccc(C(=O)O)n2)CCCO1. The average Bonchev–Trinajstić information content (AvgIpc) is 2.75. The molecule has 0 spiro atoms. The molecule has 1 saturated heterocycles. The molecule has 1 atom stereocenters. The number of hydrogen-bond donors (Lipinski definition) is 2. The first-order valence-electron chi connectivity index (χ1n) is 5.53. The first-order valence-corrected chi connectivity index (χ1v) is 5.53. The highest BCUT2D eigenvalue weighted by atomic mass is 16.5. The zero-order valence-corrected chi connectivity index (χ0v) is 9.64. The van der Waals surface area contributed by atoms with E-state index in [0.717, 1.165) is 19.4 Å². The number of carboxylic acid groups (broad SMARTS) is 1. The van der Waals surface area contributed by atoms with E-state index in [-0.39, 0.29) is 11.3 Å². The topological polar surface area (TPSA) is 84.3 Å². The molecule has 1 aromatic heterocycles. The van der Waals surface area contributed by atoms with E-state index in [1.807, 2.05) is 6.92 Å². The first kappa shape index (κ1) is 11.8. The maximum atomic E-state index is 10.7. The van der Waals surface area contributed by atoms with Crippen molar-refractivity contribution in [1.29, 1.82) is 0 Å². The van der Waals surface area contributed by atoms with Crippen molar-refractivity contribution in [2.75, 3.05) is 18.5 Å². The van der Waals surface area contributed by atoms with Crippen molar-refractivity contribution in [2.24, 2.45) is 0 Å². The number of aromatic carboxylic acids is 1. The van der Waals surface area contributed by atoms with Crippen LogP contribution in [0.3, 0.4) is 0 Å². The van der Waals surface area contributed by atoms with Gasteiger partial charge in [0, 0.05) is 19.3 Å². The van der Waals surface area contributed by atoms with Gasteiger partial charge < -0.3 is 15.2 Å². The summed E-state index contributed by atoms with van der Waals surface area (Å²) in [6, 6.07) is 1.36. The van der Waals surface area contributed by atoms with Gasteiger partial charge in [0.05, 0.1) is 5.60 Å². The van der Waals surface area contributed by atoms with E-state index in [1.165, 1.54) is 12.3 Å². The minimum absolute atomic E-state index is 0.0139. The van der Waals surface area contributed by atoms with Gasteiger partial charge in [-0.05, 0) is 25.8 Å². The van der Waals surface area contributed by atoms with Crippen LogP contribution in [0.2, 0.25) is 0 Å². The molecule has 17 heavy (non-hydrogen) atoms. The second-order valence-electron chi connectivity index (χ2n) is 4.33. The van der Waals surface area contributed by atoms with Gasteiger partial charge in [0.15, 0.2) is 5.69 Å². The molecule has 2 rings (SSSR count). The van der Waals surface area contributed by atoms with Gasteiger partial charge in [-0.25, -0.2) is 14.8 Å². The normalized spacial score (nSPS) is 23.6. The van der Waals surface area contributed by atoms with E-state index in [2.05, 4.69) is 15.3 Å². The molecule has 2 N–H and O–H groups in total. The Bertz CT molecular complexity index is 416. The van der Waals surface area contributed by atoms with Crippen LogP contribution in [0.4, 0.5) is 5.95 Å². The summed E-state index contributed by atoms with van der Waals surface area (Å²) in [6.07, 6.45) is 3.46. The number of rotatable bonds is 4. The molecule has 6 heteroatoms. The van der Waals surface area contributed by atoms with Gasteiger partial charge in [-0.3, -0.25) is 0 Å². The fourth-order valence-corrected chi connectivity index (χ4v) is 1.81. The van der Waals surface area contributed by atoms with Crippen LogP contribution in [0.5, 0.6) is 0 Å². The van der Waals surface area contributed by atoms with Crippen LogP contribution in [0.1, 0.15) is 30.3 Å². The number of ether oxygens (including phenoxy) is 1. The highest BCUT2D eigenvalue weighted by molar-refractivity contribution is 5.85. The first-order chi connectivity index (χ1) is 8.09. The molecule has 0 aliphatic carbocycles. The fourth-order valence-electron chi connectivity index (χ4n) is 1.81. The van der Waals surface area contributed by atoms with Crippen molar-refractivity contribution in [3.8, 4) is 0 Å². The van der Waals surface area contributed by atoms with Crippen molar-refractivity contribution in [3.05, 3.63) is 18.0 Å². The molecule has 0 radical (unpaired) electrons. The molecule has 0 saturated carbocycles. The predicted molar refractivity (Wildman–Crippen MR) is 61.1 cm³/mol. The van der Waals surface area contributed by atoms with E-state index in [4.69, 9.17) is 9.84 Å². The Hall–Kier alpha value is -1.69. The lowest BCUT2D eigenvalue weighted by Crippen LogP contribution is -2.33. The monoisotopic (exact) mass is 237 g/mol. The molecular weight excluding hydrogens is 222 g/mol. The van der Waals surface area contributed by atoms with E-state index >= 15 is 0 Å². The van der Waals surface area contributed by atoms with Gasteiger partial charge in [-0.15, -0.1) is 0 Å². The molecule has 1 aliphatic heterocycles. The Morgan fingerprint density at radius 3 is 3.18 bits per heavy atom. The van der Waals surface area contributed by atoms with Gasteiger partial charge in [0.25, 0.3) is 0 Å². The largest absolute Gasteiger partial charge is 0.477 e. The summed E-state index contributed by atoms with van der Waals surface area (Å²) < 4.78 is 5.61. The highest BCUT2D eigenvalue weighted by Gasteiger charge is 2.29. The lowest BCUT2D eigenvalue weighted by molar-refractivity contribution is 0.0314. The molecule has 2 heterocycles. The van der Waals surface area contributed by atoms with Gasteiger partial charge >= 0.3 is 5.97 Å². The van der Waals surface area contributed by atoms with Crippen LogP contribution in [-0.2, 0) is 4.74 Å². The lowest BCUT2D eigenvalue weighted by Gasteiger charge is -2.23. The molecule has 1 aliphatic rings. The van der Waals surface area contributed by atoms with Gasteiger partial charge in [0.2, 0.25) is 5.95 Å². The van der Waals surface area contributed by atoms with Gasteiger partial charge in [-0.2, -0.15) is 0 Å². The number of hydrogen-bond acceptors (Lipinski definition) is 5. The third-order valence-corrected chi connectivity index (χ3v) is 2.80. The molecule has 1 fully saturated rings. The zero-order valence-electron chi connectivity index (χ0n) is 9.64. The number of carboxylic acids is 1. The average molecular weight is 237 g/mol. The molecule has 1 aromatic rings. The number of nitrogens with one attached hydrogen (secondary N) is 1. The molecule has 92 valence electrons. The van der Waals surface area contributed by atoms with Crippen molar-refractivity contribution < 1.29 is 14.6 Å². The summed E-state index contributed by atoms with van der Waals surface area (Å²) in [7, 11) is 0. The lowest BCUT2D eigenvalue weighted by atomic mass is 10.0. The van der Waals surface area contributed by atoms with Crippen LogP contribution in [0, 0.1) is 0 Å². The zero-order chi connectivity index (χ0) is 12.3. The Labute approximate surface area is 99.0 Å². The number of anilines is 1. The molecule has 0 bridgehead atoms. The molecule has 0 amide bonds. The van der Waals surface area contributed by atoms with Crippen LogP contribution < -0.4 is 5.32 Å². The second kappa shape index (κ2) is 4.67. The van der Waals surface area contributed by atoms with Crippen molar-refractivity contribution in [3.63, 3.8) is 0 Å². The number of nitrogens with zero attached hydrogens (tertiary/aromatic N) is 2. The molecule has 0 aromatic carbocycles. The Kier molecular flexibility index (Phi) is 3.23. The Morgan fingerprint density at radius 2 is 2.53 bits per heavy atom. The smallest absolute Gasteiger partial charge is 0.354 e. The van der Waals surface area contributed by atoms with Crippen molar-refractivity contribution in [2.45, 2.75) is 25.4 Å². The number of aromatic nitrogens is 2. The fraction of sp³-hybridized carbons (Fsp3) is 0.545. The minimum Gasteiger partial charge on any atom is -0.477 e. The van der Waals surface area contributed by atoms with E-state index in [1.54, 1.807) is 0 Å². The van der Waals surface area contributed by atoms with E-state index in [9.17, 15) is 4.79 Å². The third-order valence-electron chi connectivity index (χ3n) is 2.80. The second-order valence-corrected chi connectivity index (χ2v) is 4.33.